The zero-order valence-corrected chi connectivity index (χ0v) is 24.6. The van der Waals surface area contributed by atoms with Gasteiger partial charge in [0.1, 0.15) is 15.7 Å². The fraction of sp³-hybridized carbons (Fsp3) is 0.516. The topological polar surface area (TPSA) is 94.2 Å². The highest BCUT2D eigenvalue weighted by atomic mass is 35.5. The minimum atomic E-state index is -3.13. The van der Waals surface area contributed by atoms with E-state index in [0.717, 1.165) is 61.7 Å². The van der Waals surface area contributed by atoms with Crippen LogP contribution in [0.15, 0.2) is 52.9 Å². The van der Waals surface area contributed by atoms with Crippen molar-refractivity contribution in [1.82, 2.24) is 0 Å². The van der Waals surface area contributed by atoms with Crippen molar-refractivity contribution in [1.29, 1.82) is 0 Å². The number of methoxy groups -OCH3 is 1. The van der Waals surface area contributed by atoms with Crippen molar-refractivity contribution in [2.24, 2.45) is 21.3 Å². The van der Waals surface area contributed by atoms with Gasteiger partial charge in [-0.3, -0.25) is 4.79 Å². The molecule has 0 saturated heterocycles. The number of nitrogens with zero attached hydrogens (tertiary/aromatic N) is 2. The molecule has 40 heavy (non-hydrogen) atoms. The highest BCUT2D eigenvalue weighted by Gasteiger charge is 2.44. The Labute approximate surface area is 242 Å². The summed E-state index contributed by atoms with van der Waals surface area (Å²) >= 11 is 6.40. The van der Waals surface area contributed by atoms with E-state index in [0.29, 0.717) is 36.8 Å². The molecule has 2 bridgehead atoms. The monoisotopic (exact) mass is 583 g/mol. The maximum absolute atomic E-state index is 13.2. The molecule has 5 atom stereocenters. The standard InChI is InChI=1S/C31H38ClN3O4S/c1-38-28-7-3-2-4-15-40(33,37)34-30(36)22-9-13-29-27(17-22)35(18-23-8-11-25(23)28)19-31(20-39-29)14-5-6-21-16-24(32)10-12-26(21)31/h3,7,9-10,12-13,16-17,23,25,28H,2,4-6,8,11,14-15,18-20H2,1H3,(H2,33,34,36,37)/b7-3+/t23-,25+,28-,31-,40+/m0/s1. The first-order valence-corrected chi connectivity index (χ1v) is 16.5. The third kappa shape index (κ3) is 5.43. The number of carbonyl (C=O) groups excluding carboxylic acids is 1. The van der Waals surface area contributed by atoms with Crippen molar-refractivity contribution in [3.63, 3.8) is 0 Å². The summed E-state index contributed by atoms with van der Waals surface area (Å²) in [7, 11) is -1.35. The minimum Gasteiger partial charge on any atom is -0.490 e. The number of hydrogen-bond acceptors (Lipinski definition) is 5. The molecule has 1 amide bonds. The number of fused-ring (bicyclic) bond motifs is 4. The van der Waals surface area contributed by atoms with Gasteiger partial charge in [0, 0.05) is 42.0 Å². The van der Waals surface area contributed by atoms with Crippen LogP contribution in [-0.2, 0) is 26.5 Å². The third-order valence-electron chi connectivity index (χ3n) is 9.28. The van der Waals surface area contributed by atoms with Crippen molar-refractivity contribution in [2.75, 3.05) is 37.5 Å². The van der Waals surface area contributed by atoms with Gasteiger partial charge in [-0.25, -0.2) is 9.35 Å². The molecular formula is C31H38ClN3O4S. The molecule has 2 aliphatic carbocycles. The Morgan fingerprint density at radius 1 is 1.20 bits per heavy atom. The molecule has 6 rings (SSSR count). The Bertz CT molecular complexity index is 1450. The van der Waals surface area contributed by atoms with Crippen molar-refractivity contribution in [3.8, 4) is 5.75 Å². The Kier molecular flexibility index (Phi) is 7.72. The van der Waals surface area contributed by atoms with E-state index in [4.69, 9.17) is 26.2 Å². The van der Waals surface area contributed by atoms with Crippen molar-refractivity contribution in [3.05, 3.63) is 70.3 Å². The SMILES string of the molecule is CO[C@H]1/C=C/CCC[S@](N)(=O)=NC(=O)c2ccc3c(c2)N(C[C@@H]2CC[C@H]21)C[C@@]1(CCCc2cc(Cl)ccc21)CO3. The summed E-state index contributed by atoms with van der Waals surface area (Å²) in [5, 5.41) is 6.76. The van der Waals surface area contributed by atoms with Crippen LogP contribution in [0.2, 0.25) is 5.02 Å². The van der Waals surface area contributed by atoms with E-state index in [1.807, 2.05) is 18.2 Å². The summed E-state index contributed by atoms with van der Waals surface area (Å²) in [6.07, 6.45) is 10.9. The quantitative estimate of drug-likeness (QED) is 0.436. The van der Waals surface area contributed by atoms with E-state index in [-0.39, 0.29) is 17.3 Å². The second kappa shape index (κ2) is 11.1. The summed E-state index contributed by atoms with van der Waals surface area (Å²) in [6.45, 7) is 2.16. The molecule has 2 aromatic carbocycles. The summed E-state index contributed by atoms with van der Waals surface area (Å²) in [4.78, 5) is 15.6. The Hall–Kier alpha value is -2.39. The summed E-state index contributed by atoms with van der Waals surface area (Å²) in [5.74, 6) is 1.23. The maximum Gasteiger partial charge on any atom is 0.286 e. The van der Waals surface area contributed by atoms with E-state index in [2.05, 4.69) is 33.5 Å². The molecule has 1 saturated carbocycles. The zero-order chi connectivity index (χ0) is 27.9. The molecular weight excluding hydrogens is 546 g/mol. The van der Waals surface area contributed by atoms with Crippen LogP contribution >= 0.6 is 11.6 Å². The van der Waals surface area contributed by atoms with Crippen LogP contribution in [-0.4, -0.2) is 48.8 Å². The molecule has 0 aromatic heterocycles. The lowest BCUT2D eigenvalue weighted by atomic mass is 9.68. The van der Waals surface area contributed by atoms with E-state index < -0.39 is 15.8 Å². The molecule has 7 nitrogen and oxygen atoms in total. The van der Waals surface area contributed by atoms with Crippen LogP contribution in [0.4, 0.5) is 5.69 Å². The Morgan fingerprint density at radius 2 is 2.08 bits per heavy atom. The first-order valence-electron chi connectivity index (χ1n) is 14.3. The first kappa shape index (κ1) is 27.8. The molecule has 9 heteroatoms. The summed E-state index contributed by atoms with van der Waals surface area (Å²) in [6, 6.07) is 11.7. The van der Waals surface area contributed by atoms with Crippen LogP contribution in [0.3, 0.4) is 0 Å². The zero-order valence-electron chi connectivity index (χ0n) is 23.0. The van der Waals surface area contributed by atoms with Crippen molar-refractivity contribution in [2.45, 2.75) is 56.5 Å². The first-order chi connectivity index (χ1) is 19.3. The maximum atomic E-state index is 13.2. The van der Waals surface area contributed by atoms with Gasteiger partial charge in [-0.05, 0) is 98.2 Å². The van der Waals surface area contributed by atoms with E-state index in [1.165, 1.54) is 11.1 Å². The van der Waals surface area contributed by atoms with Gasteiger partial charge in [-0.2, -0.15) is 0 Å². The van der Waals surface area contributed by atoms with E-state index in [9.17, 15) is 9.00 Å². The Balaban J connectivity index is 1.44. The third-order valence-corrected chi connectivity index (χ3v) is 10.9. The van der Waals surface area contributed by atoms with Crippen molar-refractivity contribution >= 4 is 33.1 Å². The van der Waals surface area contributed by atoms with E-state index >= 15 is 0 Å². The number of rotatable bonds is 1. The number of aryl methyl sites for hydroxylation is 1. The molecule has 2 aromatic rings. The molecule has 1 fully saturated rings. The number of anilines is 1. The number of amides is 1. The van der Waals surface area contributed by atoms with Gasteiger partial charge >= 0.3 is 0 Å². The molecule has 0 unspecified atom stereocenters. The molecule has 2 aliphatic heterocycles. The molecule has 214 valence electrons. The van der Waals surface area contributed by atoms with Crippen LogP contribution in [0.1, 0.15) is 60.0 Å². The lowest BCUT2D eigenvalue weighted by Crippen LogP contribution is -2.49. The predicted molar refractivity (Wildman–Crippen MR) is 160 cm³/mol. The number of halogens is 1. The normalized spacial score (nSPS) is 33.0. The number of nitrogens with two attached hydrogens (primary N) is 1. The van der Waals surface area contributed by atoms with Crippen molar-refractivity contribution < 1.29 is 18.5 Å². The van der Waals surface area contributed by atoms with Crippen LogP contribution in [0.25, 0.3) is 0 Å². The lowest BCUT2D eigenvalue weighted by Gasteiger charge is -2.46. The highest BCUT2D eigenvalue weighted by molar-refractivity contribution is 7.91. The smallest absolute Gasteiger partial charge is 0.286 e. The largest absolute Gasteiger partial charge is 0.490 e. The van der Waals surface area contributed by atoms with Crippen LogP contribution in [0.5, 0.6) is 5.75 Å². The predicted octanol–water partition coefficient (Wildman–Crippen LogP) is 5.69. The van der Waals surface area contributed by atoms with Gasteiger partial charge in [0.05, 0.1) is 18.4 Å². The minimum absolute atomic E-state index is 0.0284. The van der Waals surface area contributed by atoms with Gasteiger partial charge in [0.2, 0.25) is 0 Å². The van der Waals surface area contributed by atoms with Crippen LogP contribution < -0.4 is 14.8 Å². The lowest BCUT2D eigenvalue weighted by molar-refractivity contribution is 0.0132. The highest BCUT2D eigenvalue weighted by Crippen LogP contribution is 2.47. The van der Waals surface area contributed by atoms with Crippen LogP contribution in [0, 0.1) is 11.8 Å². The molecule has 2 heterocycles. The second-order valence-corrected chi connectivity index (χ2v) is 14.3. The number of hydrogen-bond donors (Lipinski definition) is 1. The van der Waals surface area contributed by atoms with Gasteiger partial charge in [0.15, 0.2) is 0 Å². The van der Waals surface area contributed by atoms with Gasteiger partial charge in [-0.1, -0.05) is 29.8 Å². The summed E-state index contributed by atoms with van der Waals surface area (Å²) < 4.78 is 29.4. The van der Waals surface area contributed by atoms with E-state index in [1.54, 1.807) is 13.2 Å². The number of allylic oxidation sites excluding steroid dienone is 1. The molecule has 1 spiro atoms. The van der Waals surface area contributed by atoms with Gasteiger partial charge < -0.3 is 14.4 Å². The summed E-state index contributed by atoms with van der Waals surface area (Å²) in [5.41, 5.74) is 3.66. The number of ether oxygens (including phenoxy) is 2. The van der Waals surface area contributed by atoms with Gasteiger partial charge in [0.25, 0.3) is 5.91 Å². The fourth-order valence-corrected chi connectivity index (χ4v) is 8.31. The Morgan fingerprint density at radius 3 is 2.88 bits per heavy atom. The average molecular weight is 584 g/mol. The molecule has 4 aliphatic rings. The fourth-order valence-electron chi connectivity index (χ4n) is 7.06. The second-order valence-electron chi connectivity index (χ2n) is 11.8. The molecule has 2 N–H and O–H groups in total. The number of benzene rings is 2. The average Bonchev–Trinajstić information content (AvgIpc) is 3.06. The van der Waals surface area contributed by atoms with Gasteiger partial charge in [-0.15, -0.1) is 4.36 Å². The number of carbonyl (C=O) groups is 1. The molecule has 0 radical (unpaired) electrons.